The first-order valence-corrected chi connectivity index (χ1v) is 9.76. The van der Waals surface area contributed by atoms with Gasteiger partial charge in [-0.25, -0.2) is 4.79 Å². The minimum Gasteiger partial charge on any atom is -0.481 e. The van der Waals surface area contributed by atoms with E-state index in [9.17, 15) is 24.3 Å². The van der Waals surface area contributed by atoms with Crippen molar-refractivity contribution in [3.8, 4) is 0 Å². The van der Waals surface area contributed by atoms with Crippen LogP contribution in [0.25, 0.3) is 0 Å². The molecule has 1 saturated carbocycles. The van der Waals surface area contributed by atoms with E-state index in [2.05, 4.69) is 0 Å². The summed E-state index contributed by atoms with van der Waals surface area (Å²) in [4.78, 5) is 51.1. The monoisotopic (exact) mass is 397 g/mol. The van der Waals surface area contributed by atoms with Crippen molar-refractivity contribution in [1.82, 2.24) is 14.0 Å². The molecule has 152 valence electrons. The summed E-state index contributed by atoms with van der Waals surface area (Å²) >= 11 is 0. The van der Waals surface area contributed by atoms with E-state index < -0.39 is 28.5 Å². The Hall–Kier alpha value is -3.16. The van der Waals surface area contributed by atoms with Gasteiger partial charge in [0, 0.05) is 25.4 Å². The van der Waals surface area contributed by atoms with Crippen LogP contribution in [0.4, 0.5) is 0 Å². The molecule has 1 N–H and O–H groups in total. The first kappa shape index (κ1) is 19.2. The number of aliphatic carboxylic acids is 1. The van der Waals surface area contributed by atoms with Gasteiger partial charge in [-0.15, -0.1) is 0 Å². The molecule has 0 bridgehead atoms. The van der Waals surface area contributed by atoms with E-state index in [0.717, 1.165) is 23.0 Å². The lowest BCUT2D eigenvalue weighted by atomic mass is 9.81. The number of fused-ring (bicyclic) bond motifs is 1. The van der Waals surface area contributed by atoms with Gasteiger partial charge in [0.05, 0.1) is 12.0 Å². The van der Waals surface area contributed by atoms with Crippen molar-refractivity contribution >= 4 is 11.9 Å². The molecule has 2 fully saturated rings. The van der Waals surface area contributed by atoms with E-state index in [0.29, 0.717) is 19.5 Å². The van der Waals surface area contributed by atoms with Gasteiger partial charge in [-0.05, 0) is 24.3 Å². The predicted molar refractivity (Wildman–Crippen MR) is 104 cm³/mol. The molecule has 1 aromatic carbocycles. The zero-order valence-corrected chi connectivity index (χ0v) is 16.0. The van der Waals surface area contributed by atoms with Crippen molar-refractivity contribution in [2.24, 2.45) is 11.3 Å². The Balaban J connectivity index is 1.55. The van der Waals surface area contributed by atoms with E-state index >= 15 is 0 Å². The molecule has 2 heterocycles. The maximum absolute atomic E-state index is 12.8. The topological polar surface area (TPSA) is 102 Å². The number of carboxylic acids is 1. The summed E-state index contributed by atoms with van der Waals surface area (Å²) in [7, 11) is 0. The number of rotatable bonds is 5. The molecule has 8 heteroatoms. The highest BCUT2D eigenvalue weighted by molar-refractivity contribution is 5.81. The number of carbonyl (C=O) groups excluding carboxylic acids is 1. The molecule has 8 nitrogen and oxygen atoms in total. The fourth-order valence-electron chi connectivity index (χ4n) is 4.67. The molecule has 1 amide bonds. The van der Waals surface area contributed by atoms with Gasteiger partial charge in [-0.2, -0.15) is 0 Å². The van der Waals surface area contributed by atoms with Gasteiger partial charge in [-0.1, -0.05) is 36.8 Å². The summed E-state index contributed by atoms with van der Waals surface area (Å²) in [5, 5.41) is 9.68. The Bertz CT molecular complexity index is 1060. The van der Waals surface area contributed by atoms with Crippen LogP contribution in [0.15, 0.2) is 52.2 Å². The summed E-state index contributed by atoms with van der Waals surface area (Å²) < 4.78 is 2.31. The third-order valence-electron chi connectivity index (χ3n) is 6.28. The fraction of sp³-hybridized carbons (Fsp3) is 0.429. The quantitative estimate of drug-likeness (QED) is 0.803. The molecule has 2 aliphatic rings. The molecule has 1 aliphatic carbocycles. The zero-order chi connectivity index (χ0) is 20.6. The molecule has 1 saturated heterocycles. The van der Waals surface area contributed by atoms with Crippen molar-refractivity contribution in [2.75, 3.05) is 13.1 Å². The number of benzene rings is 1. The molecule has 1 aromatic heterocycles. The van der Waals surface area contributed by atoms with Crippen molar-refractivity contribution < 1.29 is 14.7 Å². The third-order valence-corrected chi connectivity index (χ3v) is 6.28. The number of carboxylic acid groups (broad SMARTS) is 1. The number of likely N-dealkylation sites (tertiary alicyclic amines) is 1. The van der Waals surface area contributed by atoms with E-state index in [-0.39, 0.29) is 19.0 Å². The minimum atomic E-state index is -0.884. The Morgan fingerprint density at radius 2 is 1.90 bits per heavy atom. The van der Waals surface area contributed by atoms with E-state index in [1.165, 1.54) is 21.7 Å². The number of amides is 1. The first-order chi connectivity index (χ1) is 13.9. The van der Waals surface area contributed by atoms with Crippen molar-refractivity contribution in [3.05, 3.63) is 69.0 Å². The lowest BCUT2D eigenvalue weighted by Crippen LogP contribution is -2.44. The maximum Gasteiger partial charge on any atom is 0.331 e. The van der Waals surface area contributed by atoms with Gasteiger partial charge in [0.2, 0.25) is 5.91 Å². The predicted octanol–water partition coefficient (Wildman–Crippen LogP) is 0.772. The second-order valence-electron chi connectivity index (χ2n) is 7.96. The maximum atomic E-state index is 12.8. The van der Waals surface area contributed by atoms with Gasteiger partial charge in [0.15, 0.2) is 0 Å². The fourth-order valence-corrected chi connectivity index (χ4v) is 4.67. The highest BCUT2D eigenvalue weighted by Crippen LogP contribution is 2.48. The largest absolute Gasteiger partial charge is 0.481 e. The van der Waals surface area contributed by atoms with E-state index in [1.54, 1.807) is 0 Å². The lowest BCUT2D eigenvalue weighted by Gasteiger charge is -2.23. The average molecular weight is 397 g/mol. The standard InChI is InChI=1S/C21H23N3O5/c25-17-8-10-22(11-15-5-2-1-3-6-15)20(29)24(17)13-18(26)23-12-16-7-4-9-21(16,14-23)19(27)28/h1-3,5-6,8,10,16H,4,7,9,11-14H2,(H,27,28)/t16-,21+/m0/s1. The highest BCUT2D eigenvalue weighted by atomic mass is 16.4. The second-order valence-corrected chi connectivity index (χ2v) is 7.96. The van der Waals surface area contributed by atoms with Crippen LogP contribution in [0.5, 0.6) is 0 Å². The average Bonchev–Trinajstić information content (AvgIpc) is 3.27. The smallest absolute Gasteiger partial charge is 0.331 e. The van der Waals surface area contributed by atoms with Crippen LogP contribution in [0, 0.1) is 11.3 Å². The number of hydrogen-bond acceptors (Lipinski definition) is 4. The van der Waals surface area contributed by atoms with Crippen LogP contribution in [0.2, 0.25) is 0 Å². The van der Waals surface area contributed by atoms with Gasteiger partial charge in [0.25, 0.3) is 5.56 Å². The van der Waals surface area contributed by atoms with Gasteiger partial charge < -0.3 is 10.0 Å². The van der Waals surface area contributed by atoms with Crippen LogP contribution in [-0.4, -0.2) is 44.1 Å². The zero-order valence-electron chi connectivity index (χ0n) is 16.0. The number of nitrogens with zero attached hydrogens (tertiary/aromatic N) is 3. The van der Waals surface area contributed by atoms with E-state index in [1.807, 2.05) is 30.3 Å². The van der Waals surface area contributed by atoms with Crippen LogP contribution in [0.1, 0.15) is 24.8 Å². The Morgan fingerprint density at radius 3 is 2.59 bits per heavy atom. The third kappa shape index (κ3) is 3.39. The van der Waals surface area contributed by atoms with Crippen molar-refractivity contribution in [3.63, 3.8) is 0 Å². The number of aromatic nitrogens is 2. The van der Waals surface area contributed by atoms with Crippen molar-refractivity contribution in [2.45, 2.75) is 32.4 Å². The first-order valence-electron chi connectivity index (χ1n) is 9.76. The van der Waals surface area contributed by atoms with E-state index in [4.69, 9.17) is 0 Å². The number of carbonyl (C=O) groups is 2. The molecule has 2 aromatic rings. The Kier molecular flexibility index (Phi) is 4.86. The van der Waals surface area contributed by atoms with Gasteiger partial charge in [0.1, 0.15) is 6.54 Å². The molecule has 29 heavy (non-hydrogen) atoms. The van der Waals surface area contributed by atoms with Gasteiger partial charge in [-0.3, -0.25) is 23.5 Å². The van der Waals surface area contributed by atoms with Gasteiger partial charge >= 0.3 is 11.7 Å². The summed E-state index contributed by atoms with van der Waals surface area (Å²) in [6, 6.07) is 10.6. The van der Waals surface area contributed by atoms with Crippen LogP contribution in [-0.2, 0) is 22.7 Å². The Morgan fingerprint density at radius 1 is 1.14 bits per heavy atom. The summed E-state index contributed by atoms with van der Waals surface area (Å²) in [5.41, 5.74) is -1.07. The second kappa shape index (κ2) is 7.35. The lowest BCUT2D eigenvalue weighted by molar-refractivity contribution is -0.149. The van der Waals surface area contributed by atoms with Crippen molar-refractivity contribution in [1.29, 1.82) is 0 Å². The highest BCUT2D eigenvalue weighted by Gasteiger charge is 2.55. The van der Waals surface area contributed by atoms with Crippen LogP contribution < -0.4 is 11.2 Å². The molecule has 0 spiro atoms. The molecular weight excluding hydrogens is 374 g/mol. The van der Waals surface area contributed by atoms with Crippen LogP contribution >= 0.6 is 0 Å². The molecule has 1 aliphatic heterocycles. The molecule has 0 unspecified atom stereocenters. The van der Waals surface area contributed by atoms with Crippen LogP contribution in [0.3, 0.4) is 0 Å². The number of hydrogen-bond donors (Lipinski definition) is 1. The minimum absolute atomic E-state index is 0.0637. The SMILES string of the molecule is O=C(Cn1c(=O)ccn(Cc2ccccc2)c1=O)N1C[C@@H]2CCC[C@@]2(C(=O)O)C1. The molecule has 4 rings (SSSR count). The summed E-state index contributed by atoms with van der Waals surface area (Å²) in [6.45, 7) is 0.425. The molecule has 2 atom stereocenters. The summed E-state index contributed by atoms with van der Waals surface area (Å²) in [5.74, 6) is -1.32. The molecule has 0 radical (unpaired) electrons. The normalized spacial score (nSPS) is 23.2. The molecular formula is C21H23N3O5. The Labute approximate surface area is 167 Å². The summed E-state index contributed by atoms with van der Waals surface area (Å²) in [6.07, 6.45) is 3.62.